The maximum atomic E-state index is 11.7. The summed E-state index contributed by atoms with van der Waals surface area (Å²) < 4.78 is 5.52. The molecule has 0 unspecified atom stereocenters. The van der Waals surface area contributed by atoms with Crippen LogP contribution in [0.1, 0.15) is 31.2 Å². The molecule has 1 saturated heterocycles. The second kappa shape index (κ2) is 8.67. The van der Waals surface area contributed by atoms with Crippen LogP contribution in [0.25, 0.3) is 0 Å². The van der Waals surface area contributed by atoms with E-state index in [9.17, 15) is 4.79 Å². The third-order valence-corrected chi connectivity index (χ3v) is 3.87. The Bertz CT molecular complexity index is 442. The Labute approximate surface area is 127 Å². The first-order valence-corrected chi connectivity index (χ1v) is 7.93. The van der Waals surface area contributed by atoms with Crippen LogP contribution in [-0.2, 0) is 4.79 Å². The molecule has 1 aromatic rings. The third-order valence-electron chi connectivity index (χ3n) is 3.87. The molecule has 4 heteroatoms. The van der Waals surface area contributed by atoms with Gasteiger partial charge in [0.15, 0.2) is 6.61 Å². The van der Waals surface area contributed by atoms with Gasteiger partial charge in [-0.1, -0.05) is 24.6 Å². The largest absolute Gasteiger partial charge is 0.484 e. The fourth-order valence-electron chi connectivity index (χ4n) is 2.63. The first kappa shape index (κ1) is 15.8. The van der Waals surface area contributed by atoms with Crippen molar-refractivity contribution in [3.8, 4) is 5.75 Å². The molecule has 0 aliphatic carbocycles. The van der Waals surface area contributed by atoms with Crippen LogP contribution >= 0.6 is 0 Å². The number of nitrogens with one attached hydrogen (secondary N) is 1. The van der Waals surface area contributed by atoms with E-state index >= 15 is 0 Å². The molecule has 1 aromatic carbocycles. The molecule has 21 heavy (non-hydrogen) atoms. The number of rotatable bonds is 7. The van der Waals surface area contributed by atoms with Crippen molar-refractivity contribution in [2.75, 3.05) is 32.8 Å². The standard InChI is InChI=1S/C17H26N2O2/c1-15-8-3-4-9-16(15)21-14-17(20)18-10-7-13-19-11-5-2-6-12-19/h3-4,8-9H,2,5-7,10-14H2,1H3,(H,18,20). The maximum Gasteiger partial charge on any atom is 0.257 e. The van der Waals surface area contributed by atoms with Crippen LogP contribution < -0.4 is 10.1 Å². The highest BCUT2D eigenvalue weighted by atomic mass is 16.5. The molecule has 1 heterocycles. The van der Waals surface area contributed by atoms with Crippen LogP contribution in [0.3, 0.4) is 0 Å². The van der Waals surface area contributed by atoms with Gasteiger partial charge in [0.1, 0.15) is 5.75 Å². The zero-order valence-electron chi connectivity index (χ0n) is 12.9. The SMILES string of the molecule is Cc1ccccc1OCC(=O)NCCCN1CCCCC1. The maximum absolute atomic E-state index is 11.7. The second-order valence-electron chi connectivity index (χ2n) is 5.66. The monoisotopic (exact) mass is 290 g/mol. The summed E-state index contributed by atoms with van der Waals surface area (Å²) in [6.07, 6.45) is 5.01. The van der Waals surface area contributed by atoms with Crippen molar-refractivity contribution in [1.82, 2.24) is 10.2 Å². The second-order valence-corrected chi connectivity index (χ2v) is 5.66. The lowest BCUT2D eigenvalue weighted by Gasteiger charge is -2.26. The number of piperidine rings is 1. The van der Waals surface area contributed by atoms with Crippen molar-refractivity contribution in [2.24, 2.45) is 0 Å². The van der Waals surface area contributed by atoms with Gasteiger partial charge in [-0.25, -0.2) is 0 Å². The summed E-state index contributed by atoms with van der Waals surface area (Å²) in [4.78, 5) is 14.2. The van der Waals surface area contributed by atoms with Gasteiger partial charge in [0, 0.05) is 6.54 Å². The zero-order chi connectivity index (χ0) is 14.9. The molecule has 0 bridgehead atoms. The summed E-state index contributed by atoms with van der Waals surface area (Å²) in [6.45, 7) is 6.31. The number of ether oxygens (including phenoxy) is 1. The van der Waals surface area contributed by atoms with Crippen molar-refractivity contribution >= 4 is 5.91 Å². The molecule has 116 valence electrons. The normalized spacial score (nSPS) is 15.7. The number of para-hydroxylation sites is 1. The van der Waals surface area contributed by atoms with Crippen molar-refractivity contribution in [3.05, 3.63) is 29.8 Å². The van der Waals surface area contributed by atoms with E-state index < -0.39 is 0 Å². The van der Waals surface area contributed by atoms with Crippen LogP contribution in [-0.4, -0.2) is 43.6 Å². The van der Waals surface area contributed by atoms with Crippen LogP contribution in [0.5, 0.6) is 5.75 Å². The zero-order valence-corrected chi connectivity index (χ0v) is 12.9. The summed E-state index contributed by atoms with van der Waals surface area (Å²) in [7, 11) is 0. The summed E-state index contributed by atoms with van der Waals surface area (Å²) in [5.74, 6) is 0.734. The highest BCUT2D eigenvalue weighted by Crippen LogP contribution is 2.15. The minimum absolute atomic E-state index is 0.0445. The van der Waals surface area contributed by atoms with Gasteiger partial charge >= 0.3 is 0 Å². The quantitative estimate of drug-likeness (QED) is 0.784. The molecule has 0 radical (unpaired) electrons. The number of likely N-dealkylation sites (tertiary alicyclic amines) is 1. The van der Waals surface area contributed by atoms with Crippen LogP contribution in [0, 0.1) is 6.92 Å². The van der Waals surface area contributed by atoms with Gasteiger partial charge in [0.25, 0.3) is 5.91 Å². The summed E-state index contributed by atoms with van der Waals surface area (Å²) >= 11 is 0. The van der Waals surface area contributed by atoms with Crippen LogP contribution in [0.15, 0.2) is 24.3 Å². The summed E-state index contributed by atoms with van der Waals surface area (Å²) in [5, 5.41) is 2.92. The number of aryl methyl sites for hydroxylation is 1. The Kier molecular flexibility index (Phi) is 6.54. The van der Waals surface area contributed by atoms with Crippen LogP contribution in [0.4, 0.5) is 0 Å². The number of carbonyl (C=O) groups is 1. The van der Waals surface area contributed by atoms with E-state index in [1.54, 1.807) is 0 Å². The van der Waals surface area contributed by atoms with E-state index in [-0.39, 0.29) is 12.5 Å². The minimum atomic E-state index is -0.0445. The molecule has 0 atom stereocenters. The average molecular weight is 290 g/mol. The van der Waals surface area contributed by atoms with Gasteiger partial charge in [-0.05, 0) is 57.5 Å². The minimum Gasteiger partial charge on any atom is -0.484 e. The fourth-order valence-corrected chi connectivity index (χ4v) is 2.63. The fraction of sp³-hybridized carbons (Fsp3) is 0.588. The van der Waals surface area contributed by atoms with Gasteiger partial charge in [-0.15, -0.1) is 0 Å². The Balaban J connectivity index is 1.56. The lowest BCUT2D eigenvalue weighted by molar-refractivity contribution is -0.123. The lowest BCUT2D eigenvalue weighted by Crippen LogP contribution is -2.34. The number of amides is 1. The molecule has 1 amide bonds. The smallest absolute Gasteiger partial charge is 0.257 e. The molecule has 1 N–H and O–H groups in total. The summed E-state index contributed by atoms with van der Waals surface area (Å²) in [6, 6.07) is 7.74. The van der Waals surface area contributed by atoms with Gasteiger partial charge in [-0.3, -0.25) is 4.79 Å². The molecular formula is C17H26N2O2. The first-order valence-electron chi connectivity index (χ1n) is 7.93. The third kappa shape index (κ3) is 5.76. The number of hydrogen-bond acceptors (Lipinski definition) is 3. The van der Waals surface area contributed by atoms with E-state index in [2.05, 4.69) is 10.2 Å². The Morgan fingerprint density at radius 1 is 1.24 bits per heavy atom. The molecular weight excluding hydrogens is 264 g/mol. The number of carbonyl (C=O) groups excluding carboxylic acids is 1. The van der Waals surface area contributed by atoms with Crippen molar-refractivity contribution in [2.45, 2.75) is 32.6 Å². The number of nitrogens with zero attached hydrogens (tertiary/aromatic N) is 1. The molecule has 2 rings (SSSR count). The van der Waals surface area contributed by atoms with Gasteiger partial charge in [0.2, 0.25) is 0 Å². The van der Waals surface area contributed by atoms with E-state index in [0.717, 1.165) is 30.8 Å². The molecule has 1 aliphatic rings. The van der Waals surface area contributed by atoms with E-state index in [0.29, 0.717) is 0 Å². The molecule has 1 aliphatic heterocycles. The highest BCUT2D eigenvalue weighted by molar-refractivity contribution is 5.77. The van der Waals surface area contributed by atoms with Gasteiger partial charge < -0.3 is 15.0 Å². The topological polar surface area (TPSA) is 41.6 Å². The van der Waals surface area contributed by atoms with Crippen LogP contribution in [0.2, 0.25) is 0 Å². The van der Waals surface area contributed by atoms with E-state index in [4.69, 9.17) is 4.74 Å². The molecule has 0 aromatic heterocycles. The Hall–Kier alpha value is -1.55. The molecule has 1 fully saturated rings. The first-order chi connectivity index (χ1) is 10.3. The predicted molar refractivity (Wildman–Crippen MR) is 84.6 cm³/mol. The molecule has 0 saturated carbocycles. The van der Waals surface area contributed by atoms with E-state index in [1.165, 1.54) is 32.4 Å². The summed E-state index contributed by atoms with van der Waals surface area (Å²) in [5.41, 5.74) is 1.05. The Morgan fingerprint density at radius 2 is 2.00 bits per heavy atom. The van der Waals surface area contributed by atoms with Crippen molar-refractivity contribution in [3.63, 3.8) is 0 Å². The molecule has 0 spiro atoms. The van der Waals surface area contributed by atoms with Crippen molar-refractivity contribution in [1.29, 1.82) is 0 Å². The van der Waals surface area contributed by atoms with Gasteiger partial charge in [0.05, 0.1) is 0 Å². The lowest BCUT2D eigenvalue weighted by atomic mass is 10.1. The van der Waals surface area contributed by atoms with Crippen molar-refractivity contribution < 1.29 is 9.53 Å². The molecule has 4 nitrogen and oxygen atoms in total. The van der Waals surface area contributed by atoms with E-state index in [1.807, 2.05) is 31.2 Å². The van der Waals surface area contributed by atoms with Gasteiger partial charge in [-0.2, -0.15) is 0 Å². The number of benzene rings is 1. The Morgan fingerprint density at radius 3 is 2.76 bits per heavy atom. The number of hydrogen-bond donors (Lipinski definition) is 1. The predicted octanol–water partition coefficient (Wildman–Crippen LogP) is 2.37. The highest BCUT2D eigenvalue weighted by Gasteiger charge is 2.09. The average Bonchev–Trinajstić information content (AvgIpc) is 2.52.